The van der Waals surface area contributed by atoms with Crippen LogP contribution in [0.5, 0.6) is 0 Å². The van der Waals surface area contributed by atoms with Gasteiger partial charge in [0.2, 0.25) is 0 Å². The summed E-state index contributed by atoms with van der Waals surface area (Å²) in [6.45, 7) is 1.76. The minimum Gasteiger partial charge on any atom is -0.308 e. The van der Waals surface area contributed by atoms with Gasteiger partial charge in [-0.3, -0.25) is 0 Å². The average molecular weight is 342 g/mol. The van der Waals surface area contributed by atoms with Crippen molar-refractivity contribution in [3.8, 4) is 24.7 Å². The summed E-state index contributed by atoms with van der Waals surface area (Å²) in [4.78, 5) is 0. The molecule has 2 heteroatoms. The van der Waals surface area contributed by atoms with Crippen LogP contribution in [0.1, 0.15) is 47.9 Å². The second-order valence-corrected chi connectivity index (χ2v) is 6.94. The fourth-order valence-electron chi connectivity index (χ4n) is 3.56. The van der Waals surface area contributed by atoms with Crippen LogP contribution in [-0.2, 0) is 13.1 Å². The van der Waals surface area contributed by atoms with Crippen LogP contribution in [0, 0.1) is 24.7 Å². The molecule has 1 fully saturated rings. The number of nitrogens with one attached hydrogen (secondary N) is 2. The molecular formula is C24H26N2. The summed E-state index contributed by atoms with van der Waals surface area (Å²) in [5.74, 6) is 5.33. The molecule has 1 saturated carbocycles. The van der Waals surface area contributed by atoms with E-state index in [0.717, 1.165) is 24.2 Å². The zero-order chi connectivity index (χ0) is 18.2. The van der Waals surface area contributed by atoms with Gasteiger partial charge in [0.15, 0.2) is 0 Å². The number of rotatable bonds is 6. The highest BCUT2D eigenvalue weighted by Crippen LogP contribution is 2.20. The highest BCUT2D eigenvalue weighted by molar-refractivity contribution is 5.35. The molecule has 0 heterocycles. The van der Waals surface area contributed by atoms with Crippen LogP contribution in [0.2, 0.25) is 0 Å². The van der Waals surface area contributed by atoms with Gasteiger partial charge in [0.1, 0.15) is 0 Å². The first-order chi connectivity index (χ1) is 12.8. The second-order valence-electron chi connectivity index (χ2n) is 6.94. The number of hydrogen-bond acceptors (Lipinski definition) is 2. The molecule has 132 valence electrons. The molecule has 0 radical (unpaired) electrons. The SMILES string of the molecule is C#Cc1ccc(CN[C@@H]2CCCC[C@H]2NCc2ccc(C#C)cc2)cc1. The Kier molecular flexibility index (Phi) is 6.50. The average Bonchev–Trinajstić information content (AvgIpc) is 2.72. The third kappa shape index (κ3) is 4.99. The maximum Gasteiger partial charge on any atom is 0.0242 e. The van der Waals surface area contributed by atoms with Crippen LogP contribution >= 0.6 is 0 Å². The Bertz CT molecular complexity index is 705. The van der Waals surface area contributed by atoms with Crippen LogP contribution in [0.3, 0.4) is 0 Å². The molecule has 0 spiro atoms. The van der Waals surface area contributed by atoms with E-state index in [2.05, 4.69) is 46.7 Å². The van der Waals surface area contributed by atoms with Crippen LogP contribution in [0.25, 0.3) is 0 Å². The maximum absolute atomic E-state index is 5.42. The predicted octanol–water partition coefficient (Wildman–Crippen LogP) is 3.84. The van der Waals surface area contributed by atoms with Crippen molar-refractivity contribution in [3.63, 3.8) is 0 Å². The van der Waals surface area contributed by atoms with Crippen molar-refractivity contribution in [1.29, 1.82) is 0 Å². The molecule has 2 aromatic carbocycles. The number of hydrogen-bond donors (Lipinski definition) is 2. The molecule has 2 aromatic rings. The van der Waals surface area contributed by atoms with Crippen molar-refractivity contribution in [2.45, 2.75) is 50.9 Å². The molecule has 1 aliphatic carbocycles. The first kappa shape index (κ1) is 18.3. The van der Waals surface area contributed by atoms with Gasteiger partial charge in [-0.25, -0.2) is 0 Å². The zero-order valence-corrected chi connectivity index (χ0v) is 15.2. The molecule has 0 bridgehead atoms. The van der Waals surface area contributed by atoms with Crippen molar-refractivity contribution >= 4 is 0 Å². The molecule has 0 amide bonds. The van der Waals surface area contributed by atoms with E-state index in [9.17, 15) is 0 Å². The summed E-state index contributed by atoms with van der Waals surface area (Å²) in [5, 5.41) is 7.48. The molecule has 26 heavy (non-hydrogen) atoms. The van der Waals surface area contributed by atoms with Gasteiger partial charge in [-0.05, 0) is 48.2 Å². The summed E-state index contributed by atoms with van der Waals surface area (Å²) in [5.41, 5.74) is 4.42. The third-order valence-corrected chi connectivity index (χ3v) is 5.14. The first-order valence-corrected chi connectivity index (χ1v) is 9.36. The van der Waals surface area contributed by atoms with E-state index in [1.807, 2.05) is 24.3 Å². The van der Waals surface area contributed by atoms with Crippen LogP contribution in [0.4, 0.5) is 0 Å². The largest absolute Gasteiger partial charge is 0.308 e. The molecule has 2 atom stereocenters. The van der Waals surface area contributed by atoms with Gasteiger partial charge >= 0.3 is 0 Å². The Balaban J connectivity index is 1.53. The van der Waals surface area contributed by atoms with Gasteiger partial charge in [0.25, 0.3) is 0 Å². The molecule has 2 nitrogen and oxygen atoms in total. The van der Waals surface area contributed by atoms with Crippen LogP contribution < -0.4 is 10.6 Å². The van der Waals surface area contributed by atoms with Gasteiger partial charge in [-0.2, -0.15) is 0 Å². The van der Waals surface area contributed by atoms with E-state index in [-0.39, 0.29) is 0 Å². The lowest BCUT2D eigenvalue weighted by molar-refractivity contribution is 0.281. The number of benzene rings is 2. The molecule has 0 saturated heterocycles. The predicted molar refractivity (Wildman–Crippen MR) is 108 cm³/mol. The van der Waals surface area contributed by atoms with Gasteiger partial charge in [-0.15, -0.1) is 12.8 Å². The molecule has 0 unspecified atom stereocenters. The Morgan fingerprint density at radius 2 is 1.08 bits per heavy atom. The van der Waals surface area contributed by atoms with Gasteiger partial charge in [0, 0.05) is 36.3 Å². The van der Waals surface area contributed by atoms with Crippen LogP contribution in [0.15, 0.2) is 48.5 Å². The lowest BCUT2D eigenvalue weighted by Crippen LogP contribution is -2.49. The highest BCUT2D eigenvalue weighted by Gasteiger charge is 2.24. The highest BCUT2D eigenvalue weighted by atomic mass is 15.0. The second kappa shape index (κ2) is 9.25. The Labute approximate surface area is 157 Å². The van der Waals surface area contributed by atoms with E-state index >= 15 is 0 Å². The summed E-state index contributed by atoms with van der Waals surface area (Å²) < 4.78 is 0. The molecule has 0 aromatic heterocycles. The fourth-order valence-corrected chi connectivity index (χ4v) is 3.56. The third-order valence-electron chi connectivity index (χ3n) is 5.14. The van der Waals surface area contributed by atoms with Gasteiger partial charge in [0.05, 0.1) is 0 Å². The van der Waals surface area contributed by atoms with Crippen LogP contribution in [-0.4, -0.2) is 12.1 Å². The van der Waals surface area contributed by atoms with E-state index in [1.165, 1.54) is 36.8 Å². The van der Waals surface area contributed by atoms with Crippen molar-refractivity contribution in [1.82, 2.24) is 10.6 Å². The Morgan fingerprint density at radius 3 is 1.42 bits per heavy atom. The standard InChI is InChI=1S/C24H26N2/c1-3-19-9-13-21(14-10-19)17-25-23-7-5-6-8-24(23)26-18-22-15-11-20(4-2)12-16-22/h1-2,9-16,23-26H,5-8,17-18H2/t23-,24-/m1/s1. The molecule has 1 aliphatic rings. The quantitative estimate of drug-likeness (QED) is 0.780. The summed E-state index contributed by atoms with van der Waals surface area (Å²) in [6, 6.07) is 17.5. The van der Waals surface area contributed by atoms with E-state index in [0.29, 0.717) is 12.1 Å². The minimum absolute atomic E-state index is 0.501. The van der Waals surface area contributed by atoms with Gasteiger partial charge in [-0.1, -0.05) is 48.9 Å². The van der Waals surface area contributed by atoms with Gasteiger partial charge < -0.3 is 10.6 Å². The smallest absolute Gasteiger partial charge is 0.0242 e. The maximum atomic E-state index is 5.42. The fraction of sp³-hybridized carbons (Fsp3) is 0.333. The lowest BCUT2D eigenvalue weighted by atomic mass is 9.90. The van der Waals surface area contributed by atoms with Crippen molar-refractivity contribution in [2.75, 3.05) is 0 Å². The topological polar surface area (TPSA) is 24.1 Å². The van der Waals surface area contributed by atoms with E-state index in [4.69, 9.17) is 12.8 Å². The van der Waals surface area contributed by atoms with E-state index in [1.54, 1.807) is 0 Å². The minimum atomic E-state index is 0.501. The van der Waals surface area contributed by atoms with Crippen molar-refractivity contribution < 1.29 is 0 Å². The molecular weight excluding hydrogens is 316 g/mol. The van der Waals surface area contributed by atoms with Crippen molar-refractivity contribution in [3.05, 3.63) is 70.8 Å². The molecule has 3 rings (SSSR count). The van der Waals surface area contributed by atoms with Crippen molar-refractivity contribution in [2.24, 2.45) is 0 Å². The zero-order valence-electron chi connectivity index (χ0n) is 15.2. The number of terminal acetylenes is 2. The van der Waals surface area contributed by atoms with E-state index < -0.39 is 0 Å². The first-order valence-electron chi connectivity index (χ1n) is 9.36. The lowest BCUT2D eigenvalue weighted by Gasteiger charge is -2.33. The normalized spacial score (nSPS) is 19.5. The summed E-state index contributed by atoms with van der Waals surface area (Å²) in [6.07, 6.45) is 15.9. The summed E-state index contributed by atoms with van der Waals surface area (Å²) >= 11 is 0. The summed E-state index contributed by atoms with van der Waals surface area (Å²) in [7, 11) is 0. The Morgan fingerprint density at radius 1 is 0.692 bits per heavy atom. The Hall–Kier alpha value is -2.52. The molecule has 0 aliphatic heterocycles. The monoisotopic (exact) mass is 342 g/mol. The molecule has 2 N–H and O–H groups in total.